The topological polar surface area (TPSA) is 134 Å². The van der Waals surface area contributed by atoms with Crippen molar-refractivity contribution in [3.8, 4) is 17.1 Å². The van der Waals surface area contributed by atoms with E-state index in [1.165, 1.54) is 16.7 Å². The lowest BCUT2D eigenvalue weighted by Gasteiger charge is -2.35. The van der Waals surface area contributed by atoms with Gasteiger partial charge in [0.15, 0.2) is 0 Å². The van der Waals surface area contributed by atoms with Crippen LogP contribution in [0.15, 0.2) is 29.1 Å². The van der Waals surface area contributed by atoms with Crippen LogP contribution in [0.1, 0.15) is 42.9 Å². The van der Waals surface area contributed by atoms with Crippen LogP contribution in [0.25, 0.3) is 22.3 Å². The average molecular weight is 590 g/mol. The van der Waals surface area contributed by atoms with Crippen molar-refractivity contribution in [3.05, 3.63) is 51.3 Å². The Morgan fingerprint density at radius 3 is 2.63 bits per heavy atom. The second-order valence-corrected chi connectivity index (χ2v) is 15.9. The van der Waals surface area contributed by atoms with Crippen molar-refractivity contribution in [2.24, 2.45) is 5.73 Å². The SMILES string of the molecule is CCC1(OC(=O)CCN)C(=O)OCc2c1cc1n(c2=O)Cc2c-1nc1ccc(O)cc1c2[Si](C)(C)CCC(F)(F)F. The number of benzene rings is 1. The molecule has 0 bridgehead atoms. The zero-order valence-electron chi connectivity index (χ0n) is 22.9. The van der Waals surface area contributed by atoms with Gasteiger partial charge in [0.2, 0.25) is 5.60 Å². The quantitative estimate of drug-likeness (QED) is 0.247. The van der Waals surface area contributed by atoms with Crippen LogP contribution in [0.3, 0.4) is 0 Å². The van der Waals surface area contributed by atoms with Crippen LogP contribution < -0.4 is 16.5 Å². The van der Waals surface area contributed by atoms with Crippen molar-refractivity contribution >= 4 is 36.1 Å². The maximum absolute atomic E-state index is 13.9. The molecule has 9 nitrogen and oxygen atoms in total. The second kappa shape index (κ2) is 9.98. The second-order valence-electron chi connectivity index (χ2n) is 11.1. The molecule has 2 aliphatic rings. The third-order valence-electron chi connectivity index (χ3n) is 7.99. The van der Waals surface area contributed by atoms with E-state index in [1.807, 2.05) is 13.1 Å². The Kier molecular flexibility index (Phi) is 7.01. The molecule has 0 aliphatic carbocycles. The van der Waals surface area contributed by atoms with Gasteiger partial charge < -0.3 is 24.9 Å². The van der Waals surface area contributed by atoms with Crippen molar-refractivity contribution in [2.75, 3.05) is 6.54 Å². The number of rotatable bonds is 7. The molecule has 1 unspecified atom stereocenters. The molecule has 2 aromatic heterocycles. The Hall–Kier alpha value is -3.71. The lowest BCUT2D eigenvalue weighted by Crippen LogP contribution is -2.47. The number of aromatic hydroxyl groups is 1. The number of hydrogen-bond donors (Lipinski definition) is 2. The normalized spacial score (nSPS) is 18.1. The molecule has 218 valence electrons. The van der Waals surface area contributed by atoms with Crippen LogP contribution in [0.5, 0.6) is 5.75 Å². The third kappa shape index (κ3) is 4.80. The highest BCUT2D eigenvalue weighted by Gasteiger charge is 2.50. The average Bonchev–Trinajstić information content (AvgIpc) is 3.26. The lowest BCUT2D eigenvalue weighted by atomic mass is 9.85. The number of phenols is 1. The summed E-state index contributed by atoms with van der Waals surface area (Å²) in [7, 11) is -2.85. The molecule has 0 saturated heterocycles. The highest BCUT2D eigenvalue weighted by atomic mass is 28.3. The largest absolute Gasteiger partial charge is 0.508 e. The summed E-state index contributed by atoms with van der Waals surface area (Å²) >= 11 is 0. The first-order chi connectivity index (χ1) is 19.2. The van der Waals surface area contributed by atoms with E-state index in [-0.39, 0.29) is 55.5 Å². The van der Waals surface area contributed by atoms with E-state index >= 15 is 0 Å². The summed E-state index contributed by atoms with van der Waals surface area (Å²) in [4.78, 5) is 44.2. The van der Waals surface area contributed by atoms with Gasteiger partial charge in [-0.15, -0.1) is 0 Å². The van der Waals surface area contributed by atoms with Gasteiger partial charge in [-0.3, -0.25) is 9.59 Å². The Morgan fingerprint density at radius 1 is 1.24 bits per heavy atom. The number of esters is 2. The van der Waals surface area contributed by atoms with E-state index in [2.05, 4.69) is 0 Å². The molecular formula is C28H30F3N3O6Si. The van der Waals surface area contributed by atoms with Gasteiger partial charge in [-0.25, -0.2) is 9.78 Å². The number of phenolic OH excluding ortho intramolecular Hbond substituents is 1. The predicted octanol–water partition coefficient (Wildman–Crippen LogP) is 3.55. The standard InChI is InChI=1S/C28H30F3N3O6Si/c1-4-27(40-22(36)7-9-32)19-12-21-23-17(13-34(21)25(37)18(19)14-39-26(27)38)24(41(2,3)10-8-28(29,30)31)16-11-15(35)5-6-20(16)33-23/h5-6,11-12,35H,4,7-10,13-14,32H2,1-3H3. The third-order valence-corrected chi connectivity index (χ3v) is 11.4. The number of hydrogen-bond acceptors (Lipinski definition) is 8. The van der Waals surface area contributed by atoms with Crippen molar-refractivity contribution in [1.29, 1.82) is 0 Å². The molecule has 13 heteroatoms. The Labute approximate surface area is 234 Å². The van der Waals surface area contributed by atoms with Gasteiger partial charge in [-0.05, 0) is 47.5 Å². The molecule has 1 atom stereocenters. The summed E-state index contributed by atoms with van der Waals surface area (Å²) in [5.74, 6) is -1.57. The van der Waals surface area contributed by atoms with Crippen LogP contribution >= 0.6 is 0 Å². The van der Waals surface area contributed by atoms with Crippen molar-refractivity contribution in [3.63, 3.8) is 0 Å². The first kappa shape index (κ1) is 28.8. The zero-order chi connectivity index (χ0) is 29.9. The van der Waals surface area contributed by atoms with Crippen molar-refractivity contribution < 1.29 is 37.3 Å². The molecule has 3 aromatic rings. The minimum Gasteiger partial charge on any atom is -0.508 e. The molecule has 0 saturated carbocycles. The zero-order valence-corrected chi connectivity index (χ0v) is 23.9. The summed E-state index contributed by atoms with van der Waals surface area (Å²) in [5.41, 5.74) is 5.36. The molecule has 5 rings (SSSR count). The van der Waals surface area contributed by atoms with Gasteiger partial charge in [0, 0.05) is 23.9 Å². The molecule has 0 fully saturated rings. The fourth-order valence-electron chi connectivity index (χ4n) is 5.94. The molecule has 3 N–H and O–H groups in total. The Morgan fingerprint density at radius 2 is 1.98 bits per heavy atom. The number of nitrogens with zero attached hydrogens (tertiary/aromatic N) is 2. The van der Waals surface area contributed by atoms with Crippen molar-refractivity contribution in [1.82, 2.24) is 9.55 Å². The Bertz CT molecular complexity index is 1650. The number of cyclic esters (lactones) is 1. The van der Waals surface area contributed by atoms with Crippen LogP contribution in [-0.2, 0) is 37.8 Å². The van der Waals surface area contributed by atoms with E-state index < -0.39 is 43.8 Å². The number of pyridine rings is 2. The van der Waals surface area contributed by atoms with E-state index in [4.69, 9.17) is 20.2 Å². The number of aromatic nitrogens is 2. The minimum absolute atomic E-state index is 0.00203. The number of halogens is 3. The number of ether oxygens (including phenoxy) is 2. The first-order valence-corrected chi connectivity index (χ1v) is 16.5. The summed E-state index contributed by atoms with van der Waals surface area (Å²) in [6, 6.07) is 6.04. The molecule has 0 radical (unpaired) electrons. The van der Waals surface area contributed by atoms with Gasteiger partial charge in [-0.1, -0.05) is 20.0 Å². The van der Waals surface area contributed by atoms with Gasteiger partial charge in [0.05, 0.1) is 43.5 Å². The Balaban J connectivity index is 1.76. The summed E-state index contributed by atoms with van der Waals surface area (Å²) in [5, 5.41) is 11.5. The maximum atomic E-state index is 13.9. The van der Waals surface area contributed by atoms with Crippen molar-refractivity contribution in [2.45, 2.75) is 70.3 Å². The van der Waals surface area contributed by atoms with Gasteiger partial charge in [0.25, 0.3) is 5.56 Å². The van der Waals surface area contributed by atoms with E-state index in [9.17, 15) is 32.7 Å². The van der Waals surface area contributed by atoms with E-state index in [0.29, 0.717) is 33.0 Å². The minimum atomic E-state index is -4.34. The van der Waals surface area contributed by atoms with Crippen LogP contribution in [0.4, 0.5) is 13.2 Å². The molecule has 0 spiro atoms. The first-order valence-electron chi connectivity index (χ1n) is 13.3. The summed E-state index contributed by atoms with van der Waals surface area (Å²) in [6.07, 6.45) is -5.44. The number of alkyl halides is 3. The van der Waals surface area contributed by atoms with Gasteiger partial charge in [-0.2, -0.15) is 13.2 Å². The van der Waals surface area contributed by atoms with E-state index in [0.717, 1.165) is 0 Å². The number of fused-ring (bicyclic) bond motifs is 5. The van der Waals surface area contributed by atoms with Crippen LogP contribution in [0, 0.1) is 0 Å². The molecule has 4 heterocycles. The monoisotopic (exact) mass is 589 g/mol. The smallest absolute Gasteiger partial charge is 0.388 e. The lowest BCUT2D eigenvalue weighted by molar-refractivity contribution is -0.189. The fraction of sp³-hybridized carbons (Fsp3) is 0.429. The molecule has 0 amide bonds. The number of carbonyl (C=O) groups is 2. The molecule has 41 heavy (non-hydrogen) atoms. The highest BCUT2D eigenvalue weighted by Crippen LogP contribution is 2.42. The maximum Gasteiger partial charge on any atom is 0.388 e. The highest BCUT2D eigenvalue weighted by molar-refractivity contribution is 6.91. The van der Waals surface area contributed by atoms with E-state index in [1.54, 1.807) is 19.1 Å². The molecular weight excluding hydrogens is 559 g/mol. The summed E-state index contributed by atoms with van der Waals surface area (Å²) in [6.45, 7) is 5.04. The predicted molar refractivity (Wildman–Crippen MR) is 146 cm³/mol. The number of nitrogens with two attached hydrogens (primary N) is 1. The van der Waals surface area contributed by atoms with Crippen LogP contribution in [0.2, 0.25) is 19.1 Å². The summed E-state index contributed by atoms with van der Waals surface area (Å²) < 4.78 is 52.4. The number of carbonyl (C=O) groups excluding carboxylic acids is 2. The van der Waals surface area contributed by atoms with Gasteiger partial charge in [0.1, 0.15) is 12.4 Å². The molecule has 1 aromatic carbocycles. The fourth-order valence-corrected chi connectivity index (χ4v) is 9.04. The van der Waals surface area contributed by atoms with Crippen LogP contribution in [-0.4, -0.2) is 47.4 Å². The molecule has 2 aliphatic heterocycles. The van der Waals surface area contributed by atoms with Gasteiger partial charge >= 0.3 is 18.1 Å².